The van der Waals surface area contributed by atoms with E-state index in [0.29, 0.717) is 30.9 Å². The molecule has 0 amide bonds. The van der Waals surface area contributed by atoms with Crippen molar-refractivity contribution >= 4 is 11.7 Å². The molecule has 0 aliphatic carbocycles. The van der Waals surface area contributed by atoms with Gasteiger partial charge in [-0.15, -0.1) is 0 Å². The fourth-order valence-corrected chi connectivity index (χ4v) is 2.28. The Kier molecular flexibility index (Phi) is 5.85. The van der Waals surface area contributed by atoms with E-state index >= 15 is 0 Å². The Balaban J connectivity index is 1.85. The molecule has 0 saturated carbocycles. The zero-order valence-electron chi connectivity index (χ0n) is 14.5. The Hall–Kier alpha value is -2.49. The van der Waals surface area contributed by atoms with E-state index in [9.17, 15) is 4.79 Å². The van der Waals surface area contributed by atoms with Crippen LogP contribution in [-0.2, 0) is 9.53 Å². The van der Waals surface area contributed by atoms with Gasteiger partial charge in [0, 0.05) is 6.42 Å². The highest BCUT2D eigenvalue weighted by molar-refractivity contribution is 5.71. The number of rotatable bonds is 6. The largest absolute Gasteiger partial charge is 0.491 e. The van der Waals surface area contributed by atoms with Crippen LogP contribution in [0.4, 0.5) is 5.69 Å². The van der Waals surface area contributed by atoms with Gasteiger partial charge < -0.3 is 15.2 Å². The van der Waals surface area contributed by atoms with Crippen LogP contribution in [0.3, 0.4) is 0 Å². The van der Waals surface area contributed by atoms with Crippen molar-refractivity contribution in [2.75, 3.05) is 12.3 Å². The number of carbonyl (C=O) groups is 1. The van der Waals surface area contributed by atoms with Crippen LogP contribution in [0.2, 0.25) is 0 Å². The van der Waals surface area contributed by atoms with Gasteiger partial charge in [0.15, 0.2) is 0 Å². The first-order chi connectivity index (χ1) is 11.3. The number of nitrogen functional groups attached to an aromatic ring is 1. The van der Waals surface area contributed by atoms with Gasteiger partial charge >= 0.3 is 5.97 Å². The lowest BCUT2D eigenvalue weighted by molar-refractivity contribution is -0.155. The molecule has 0 heterocycles. The predicted molar refractivity (Wildman–Crippen MR) is 96.9 cm³/mol. The second-order valence-corrected chi connectivity index (χ2v) is 6.66. The standard InChI is InChI=1S/C20H25NO3/c1-20(2,3)24-19(22)10-7-13-23-18-12-11-16(14-17(18)21)15-8-5-4-6-9-15/h4-6,8-9,11-12,14H,7,10,13,21H2,1-3H3. The normalized spacial score (nSPS) is 11.1. The molecular weight excluding hydrogens is 302 g/mol. The van der Waals surface area contributed by atoms with Gasteiger partial charge in [0.25, 0.3) is 0 Å². The number of esters is 1. The number of anilines is 1. The molecule has 0 aliphatic heterocycles. The van der Waals surface area contributed by atoms with Crippen molar-refractivity contribution in [3.8, 4) is 16.9 Å². The maximum absolute atomic E-state index is 11.6. The molecular formula is C20H25NO3. The first-order valence-electron chi connectivity index (χ1n) is 8.15. The highest BCUT2D eigenvalue weighted by Gasteiger charge is 2.15. The van der Waals surface area contributed by atoms with E-state index in [2.05, 4.69) is 0 Å². The van der Waals surface area contributed by atoms with Crippen LogP contribution in [0, 0.1) is 0 Å². The van der Waals surface area contributed by atoms with Crippen molar-refractivity contribution in [2.45, 2.75) is 39.2 Å². The minimum Gasteiger partial charge on any atom is -0.491 e. The lowest BCUT2D eigenvalue weighted by Crippen LogP contribution is -2.24. The summed E-state index contributed by atoms with van der Waals surface area (Å²) in [5.41, 5.74) is 8.37. The Morgan fingerprint density at radius 1 is 1.04 bits per heavy atom. The Labute approximate surface area is 143 Å². The third-order valence-electron chi connectivity index (χ3n) is 3.32. The Morgan fingerprint density at radius 3 is 2.38 bits per heavy atom. The number of carbonyl (C=O) groups excluding carboxylic acids is 1. The summed E-state index contributed by atoms with van der Waals surface area (Å²) in [5.74, 6) is 0.428. The van der Waals surface area contributed by atoms with Gasteiger partial charge in [-0.05, 0) is 50.5 Å². The molecule has 0 radical (unpaired) electrons. The second-order valence-electron chi connectivity index (χ2n) is 6.66. The van der Waals surface area contributed by atoms with Crippen molar-refractivity contribution < 1.29 is 14.3 Å². The van der Waals surface area contributed by atoms with Crippen LogP contribution < -0.4 is 10.5 Å². The Morgan fingerprint density at radius 2 is 1.75 bits per heavy atom. The van der Waals surface area contributed by atoms with E-state index in [1.54, 1.807) is 0 Å². The molecule has 0 bridgehead atoms. The number of hydrogen-bond acceptors (Lipinski definition) is 4. The quantitative estimate of drug-likeness (QED) is 0.484. The first-order valence-corrected chi connectivity index (χ1v) is 8.15. The average Bonchev–Trinajstić information content (AvgIpc) is 2.52. The number of nitrogens with two attached hydrogens (primary N) is 1. The van der Waals surface area contributed by atoms with Crippen molar-refractivity contribution in [1.29, 1.82) is 0 Å². The summed E-state index contributed by atoms with van der Waals surface area (Å²) in [6, 6.07) is 15.8. The first kappa shape index (κ1) is 17.9. The summed E-state index contributed by atoms with van der Waals surface area (Å²) in [6.07, 6.45) is 0.925. The SMILES string of the molecule is CC(C)(C)OC(=O)CCCOc1ccc(-c2ccccc2)cc1N. The van der Waals surface area contributed by atoms with E-state index < -0.39 is 5.60 Å². The summed E-state index contributed by atoms with van der Waals surface area (Å²) < 4.78 is 10.9. The summed E-state index contributed by atoms with van der Waals surface area (Å²) in [5, 5.41) is 0. The van der Waals surface area contributed by atoms with Gasteiger partial charge in [0.05, 0.1) is 12.3 Å². The van der Waals surface area contributed by atoms with Gasteiger partial charge in [0.1, 0.15) is 11.4 Å². The second kappa shape index (κ2) is 7.86. The summed E-state index contributed by atoms with van der Waals surface area (Å²) in [7, 11) is 0. The molecule has 0 atom stereocenters. The van der Waals surface area contributed by atoms with E-state index in [1.165, 1.54) is 0 Å². The predicted octanol–water partition coefficient (Wildman–Crippen LogP) is 4.44. The third kappa shape index (κ3) is 5.61. The number of benzene rings is 2. The summed E-state index contributed by atoms with van der Waals surface area (Å²) in [4.78, 5) is 11.6. The molecule has 0 saturated heterocycles. The maximum Gasteiger partial charge on any atom is 0.306 e. The molecule has 0 unspecified atom stereocenters. The van der Waals surface area contributed by atoms with Crippen molar-refractivity contribution in [1.82, 2.24) is 0 Å². The summed E-state index contributed by atoms with van der Waals surface area (Å²) in [6.45, 7) is 6.00. The minimum atomic E-state index is -0.449. The van der Waals surface area contributed by atoms with Crippen LogP contribution in [0.25, 0.3) is 11.1 Å². The van der Waals surface area contributed by atoms with Crippen molar-refractivity contribution in [3.63, 3.8) is 0 Å². The highest BCUT2D eigenvalue weighted by atomic mass is 16.6. The minimum absolute atomic E-state index is 0.210. The van der Waals surface area contributed by atoms with E-state index in [-0.39, 0.29) is 5.97 Å². The Bertz CT molecular complexity index is 675. The van der Waals surface area contributed by atoms with Crippen LogP contribution >= 0.6 is 0 Å². The molecule has 2 aromatic rings. The molecule has 2 aromatic carbocycles. The van der Waals surface area contributed by atoms with Gasteiger partial charge in [-0.2, -0.15) is 0 Å². The molecule has 4 nitrogen and oxygen atoms in total. The van der Waals surface area contributed by atoms with E-state index in [0.717, 1.165) is 11.1 Å². The third-order valence-corrected chi connectivity index (χ3v) is 3.32. The van der Waals surface area contributed by atoms with Gasteiger partial charge in [-0.25, -0.2) is 0 Å². The fourth-order valence-electron chi connectivity index (χ4n) is 2.28. The zero-order valence-corrected chi connectivity index (χ0v) is 14.5. The molecule has 0 spiro atoms. The lowest BCUT2D eigenvalue weighted by atomic mass is 10.1. The molecule has 2 rings (SSSR count). The average molecular weight is 327 g/mol. The number of hydrogen-bond donors (Lipinski definition) is 1. The topological polar surface area (TPSA) is 61.5 Å². The highest BCUT2D eigenvalue weighted by Crippen LogP contribution is 2.28. The molecule has 24 heavy (non-hydrogen) atoms. The van der Waals surface area contributed by atoms with Crippen molar-refractivity contribution in [3.05, 3.63) is 48.5 Å². The molecule has 2 N–H and O–H groups in total. The van der Waals surface area contributed by atoms with Crippen LogP contribution in [-0.4, -0.2) is 18.2 Å². The molecule has 128 valence electrons. The fraction of sp³-hybridized carbons (Fsp3) is 0.350. The summed E-state index contributed by atoms with van der Waals surface area (Å²) >= 11 is 0. The maximum atomic E-state index is 11.6. The molecule has 4 heteroatoms. The lowest BCUT2D eigenvalue weighted by Gasteiger charge is -2.19. The molecule has 0 aliphatic rings. The van der Waals surface area contributed by atoms with Gasteiger partial charge in [-0.3, -0.25) is 4.79 Å². The van der Waals surface area contributed by atoms with Crippen LogP contribution in [0.5, 0.6) is 5.75 Å². The van der Waals surface area contributed by atoms with Crippen molar-refractivity contribution in [2.24, 2.45) is 0 Å². The zero-order chi connectivity index (χ0) is 17.6. The number of ether oxygens (including phenoxy) is 2. The monoisotopic (exact) mass is 327 g/mol. The van der Waals surface area contributed by atoms with Crippen LogP contribution in [0.15, 0.2) is 48.5 Å². The molecule has 0 fully saturated rings. The van der Waals surface area contributed by atoms with Gasteiger partial charge in [0.2, 0.25) is 0 Å². The smallest absolute Gasteiger partial charge is 0.306 e. The van der Waals surface area contributed by atoms with Crippen LogP contribution in [0.1, 0.15) is 33.6 Å². The molecule has 0 aromatic heterocycles. The van der Waals surface area contributed by atoms with E-state index in [4.69, 9.17) is 15.2 Å². The van der Waals surface area contributed by atoms with E-state index in [1.807, 2.05) is 69.3 Å². The van der Waals surface area contributed by atoms with Gasteiger partial charge in [-0.1, -0.05) is 36.4 Å².